The van der Waals surface area contributed by atoms with Crippen LogP contribution in [0.4, 0.5) is 5.69 Å². The minimum Gasteiger partial charge on any atom is -0.258 e. The number of nitrogens with zero attached hydrogens (tertiary/aromatic N) is 3. The number of benzene rings is 2. The number of hydrogen-bond donors (Lipinski definition) is 0. The van der Waals surface area contributed by atoms with Crippen LogP contribution in [-0.4, -0.2) is 14.9 Å². The zero-order chi connectivity index (χ0) is 17.8. The molecule has 1 aliphatic rings. The standard InChI is InChI=1S/C19H14ClN3O2/c1-19(2)14-9-4-3-6-11(14)12-7-5-8-13(16(12)19)17-15(23(24)25)10-21-18(20)22-17/h3-10H,1-2H3. The molecule has 0 amide bonds. The van der Waals surface area contributed by atoms with Crippen molar-refractivity contribution in [2.75, 3.05) is 0 Å². The van der Waals surface area contributed by atoms with E-state index in [4.69, 9.17) is 11.6 Å². The van der Waals surface area contributed by atoms with Gasteiger partial charge in [-0.25, -0.2) is 9.97 Å². The zero-order valence-electron chi connectivity index (χ0n) is 13.7. The Morgan fingerprint density at radius 2 is 1.72 bits per heavy atom. The van der Waals surface area contributed by atoms with Crippen LogP contribution in [0.25, 0.3) is 22.4 Å². The molecule has 0 atom stereocenters. The number of halogens is 1. The predicted molar refractivity (Wildman–Crippen MR) is 96.7 cm³/mol. The smallest absolute Gasteiger partial charge is 0.258 e. The fourth-order valence-electron chi connectivity index (χ4n) is 3.73. The monoisotopic (exact) mass is 351 g/mol. The first-order valence-corrected chi connectivity index (χ1v) is 8.19. The second-order valence-corrected chi connectivity index (χ2v) is 6.87. The van der Waals surface area contributed by atoms with Crippen LogP contribution in [0, 0.1) is 10.1 Å². The maximum Gasteiger partial charge on any atom is 0.313 e. The number of nitro groups is 1. The minimum atomic E-state index is -0.472. The van der Waals surface area contributed by atoms with Crippen molar-refractivity contribution < 1.29 is 4.92 Å². The van der Waals surface area contributed by atoms with Gasteiger partial charge in [-0.15, -0.1) is 0 Å². The van der Waals surface area contributed by atoms with Crippen molar-refractivity contribution in [3.8, 4) is 22.4 Å². The van der Waals surface area contributed by atoms with Crippen molar-refractivity contribution in [3.05, 3.63) is 75.2 Å². The molecule has 0 bridgehead atoms. The average Bonchev–Trinajstić information content (AvgIpc) is 2.83. The third kappa shape index (κ3) is 2.23. The van der Waals surface area contributed by atoms with Crippen LogP contribution in [0.5, 0.6) is 0 Å². The molecule has 2 aromatic carbocycles. The van der Waals surface area contributed by atoms with Gasteiger partial charge in [-0.05, 0) is 33.9 Å². The summed E-state index contributed by atoms with van der Waals surface area (Å²) in [7, 11) is 0. The summed E-state index contributed by atoms with van der Waals surface area (Å²) in [5.74, 6) is 0. The van der Waals surface area contributed by atoms with E-state index in [1.54, 1.807) is 0 Å². The highest BCUT2D eigenvalue weighted by Gasteiger charge is 2.38. The summed E-state index contributed by atoms with van der Waals surface area (Å²) >= 11 is 5.94. The summed E-state index contributed by atoms with van der Waals surface area (Å²) in [4.78, 5) is 18.9. The van der Waals surface area contributed by atoms with Crippen molar-refractivity contribution in [2.45, 2.75) is 19.3 Å². The van der Waals surface area contributed by atoms with Gasteiger partial charge in [-0.2, -0.15) is 0 Å². The summed E-state index contributed by atoms with van der Waals surface area (Å²) < 4.78 is 0. The maximum atomic E-state index is 11.5. The molecule has 0 saturated carbocycles. The first-order valence-electron chi connectivity index (χ1n) is 7.82. The van der Waals surface area contributed by atoms with E-state index in [0.29, 0.717) is 0 Å². The Morgan fingerprint density at radius 1 is 1.04 bits per heavy atom. The van der Waals surface area contributed by atoms with E-state index in [-0.39, 0.29) is 22.1 Å². The summed E-state index contributed by atoms with van der Waals surface area (Å²) in [5.41, 5.74) is 4.96. The van der Waals surface area contributed by atoms with E-state index in [9.17, 15) is 10.1 Å². The van der Waals surface area contributed by atoms with Crippen LogP contribution >= 0.6 is 11.6 Å². The highest BCUT2D eigenvalue weighted by Crippen LogP contribution is 2.52. The topological polar surface area (TPSA) is 68.9 Å². The maximum absolute atomic E-state index is 11.5. The van der Waals surface area contributed by atoms with Gasteiger partial charge in [0.05, 0.1) is 4.92 Å². The normalized spacial score (nSPS) is 14.0. The molecule has 0 saturated heterocycles. The lowest BCUT2D eigenvalue weighted by Crippen LogP contribution is -2.16. The molecule has 4 rings (SSSR count). The Hall–Kier alpha value is -2.79. The molecule has 3 aromatic rings. The highest BCUT2D eigenvalue weighted by molar-refractivity contribution is 6.28. The molecule has 0 spiro atoms. The molecular formula is C19H14ClN3O2. The molecule has 1 heterocycles. The van der Waals surface area contributed by atoms with E-state index < -0.39 is 4.92 Å². The highest BCUT2D eigenvalue weighted by atomic mass is 35.5. The molecule has 0 aliphatic heterocycles. The molecular weight excluding hydrogens is 338 g/mol. The van der Waals surface area contributed by atoms with Gasteiger partial charge in [0.25, 0.3) is 0 Å². The molecule has 0 N–H and O–H groups in total. The lowest BCUT2D eigenvalue weighted by Gasteiger charge is -2.24. The van der Waals surface area contributed by atoms with Gasteiger partial charge in [-0.1, -0.05) is 56.3 Å². The van der Waals surface area contributed by atoms with Gasteiger partial charge in [0, 0.05) is 11.0 Å². The van der Waals surface area contributed by atoms with Crippen LogP contribution in [0.3, 0.4) is 0 Å². The van der Waals surface area contributed by atoms with Crippen LogP contribution in [0.2, 0.25) is 5.28 Å². The van der Waals surface area contributed by atoms with Crippen LogP contribution in [-0.2, 0) is 5.41 Å². The zero-order valence-corrected chi connectivity index (χ0v) is 14.4. The summed E-state index contributed by atoms with van der Waals surface area (Å²) in [6.45, 7) is 4.24. The van der Waals surface area contributed by atoms with Crippen molar-refractivity contribution in [1.29, 1.82) is 0 Å². The first kappa shape index (κ1) is 15.7. The summed E-state index contributed by atoms with van der Waals surface area (Å²) in [5, 5.41) is 11.5. The van der Waals surface area contributed by atoms with Crippen molar-refractivity contribution >= 4 is 17.3 Å². The van der Waals surface area contributed by atoms with Gasteiger partial charge in [0.1, 0.15) is 6.20 Å². The molecule has 5 nitrogen and oxygen atoms in total. The Bertz CT molecular complexity index is 1030. The Kier molecular flexibility index (Phi) is 3.37. The summed E-state index contributed by atoms with van der Waals surface area (Å²) in [6, 6.07) is 14.0. The molecule has 25 heavy (non-hydrogen) atoms. The van der Waals surface area contributed by atoms with Gasteiger partial charge >= 0.3 is 5.69 Å². The fourth-order valence-corrected chi connectivity index (χ4v) is 3.86. The second kappa shape index (κ2) is 5.36. The number of hydrogen-bond acceptors (Lipinski definition) is 4. The van der Waals surface area contributed by atoms with Crippen LogP contribution < -0.4 is 0 Å². The van der Waals surface area contributed by atoms with E-state index >= 15 is 0 Å². The van der Waals surface area contributed by atoms with E-state index in [2.05, 4.69) is 35.9 Å². The Labute approximate surface area is 149 Å². The van der Waals surface area contributed by atoms with E-state index in [1.807, 2.05) is 30.3 Å². The third-order valence-electron chi connectivity index (χ3n) is 4.77. The van der Waals surface area contributed by atoms with E-state index in [0.717, 1.165) is 22.3 Å². The minimum absolute atomic E-state index is 0.00785. The Balaban J connectivity index is 2.07. The van der Waals surface area contributed by atoms with E-state index in [1.165, 1.54) is 11.8 Å². The Morgan fingerprint density at radius 3 is 2.48 bits per heavy atom. The molecule has 0 unspecified atom stereocenters. The number of fused-ring (bicyclic) bond motifs is 3. The first-order chi connectivity index (χ1) is 11.9. The average molecular weight is 352 g/mol. The molecule has 1 aliphatic carbocycles. The van der Waals surface area contributed by atoms with Gasteiger partial charge in [-0.3, -0.25) is 10.1 Å². The van der Waals surface area contributed by atoms with Gasteiger partial charge in [0.15, 0.2) is 5.69 Å². The van der Waals surface area contributed by atoms with Crippen LogP contribution in [0.15, 0.2) is 48.7 Å². The molecule has 1 aromatic heterocycles. The third-order valence-corrected chi connectivity index (χ3v) is 4.95. The van der Waals surface area contributed by atoms with Gasteiger partial charge in [0.2, 0.25) is 5.28 Å². The van der Waals surface area contributed by atoms with Gasteiger partial charge < -0.3 is 0 Å². The number of rotatable bonds is 2. The fraction of sp³-hybridized carbons (Fsp3) is 0.158. The lowest BCUT2D eigenvalue weighted by molar-refractivity contribution is -0.384. The molecule has 6 heteroatoms. The molecule has 0 fully saturated rings. The SMILES string of the molecule is CC1(C)c2ccccc2-c2cccc(-c3nc(Cl)ncc3[N+](=O)[O-])c21. The van der Waals surface area contributed by atoms with Crippen molar-refractivity contribution in [2.24, 2.45) is 0 Å². The quantitative estimate of drug-likeness (QED) is 0.369. The van der Waals surface area contributed by atoms with Crippen molar-refractivity contribution in [3.63, 3.8) is 0 Å². The predicted octanol–water partition coefficient (Wildman–Crippen LogP) is 5.01. The largest absolute Gasteiger partial charge is 0.313 e. The molecule has 124 valence electrons. The molecule has 0 radical (unpaired) electrons. The van der Waals surface area contributed by atoms with Crippen molar-refractivity contribution in [1.82, 2.24) is 9.97 Å². The second-order valence-electron chi connectivity index (χ2n) is 6.53. The van der Waals surface area contributed by atoms with Crippen LogP contribution in [0.1, 0.15) is 25.0 Å². The summed E-state index contributed by atoms with van der Waals surface area (Å²) in [6.07, 6.45) is 1.17. The number of aromatic nitrogens is 2. The lowest BCUT2D eigenvalue weighted by atomic mass is 9.79.